The van der Waals surface area contributed by atoms with E-state index >= 15 is 0 Å². The Hall–Kier alpha value is -0.780. The maximum absolute atomic E-state index is 5.92. The monoisotopic (exact) mass is 343 g/mol. The number of hydrogen-bond acceptors (Lipinski definition) is 4. The molecule has 0 radical (unpaired) electrons. The van der Waals surface area contributed by atoms with E-state index in [-0.39, 0.29) is 0 Å². The molecule has 0 amide bonds. The molecule has 1 heterocycles. The van der Waals surface area contributed by atoms with E-state index in [4.69, 9.17) is 11.6 Å². The van der Waals surface area contributed by atoms with Crippen molar-refractivity contribution in [1.29, 1.82) is 0 Å². The fraction of sp³-hybridized carbons (Fsp3) is 0.167. The van der Waals surface area contributed by atoms with Crippen LogP contribution in [0.1, 0.15) is 5.56 Å². The first-order valence-corrected chi connectivity index (χ1v) is 7.64. The van der Waals surface area contributed by atoms with E-state index < -0.39 is 0 Å². The molecule has 18 heavy (non-hydrogen) atoms. The molecular weight excluding hydrogens is 334 g/mol. The SMILES string of the molecule is CSc1nc(Cl)cc(NCc2cccc(Br)c2)n1. The fourth-order valence-electron chi connectivity index (χ4n) is 1.42. The predicted molar refractivity (Wildman–Crippen MR) is 80.3 cm³/mol. The van der Waals surface area contributed by atoms with Crippen LogP contribution in [-0.4, -0.2) is 16.2 Å². The van der Waals surface area contributed by atoms with E-state index in [1.165, 1.54) is 17.3 Å². The molecule has 0 aliphatic rings. The summed E-state index contributed by atoms with van der Waals surface area (Å²) in [5.74, 6) is 0.735. The minimum atomic E-state index is 0.450. The van der Waals surface area contributed by atoms with E-state index in [0.717, 1.165) is 10.3 Å². The van der Waals surface area contributed by atoms with Gasteiger partial charge >= 0.3 is 0 Å². The average molecular weight is 345 g/mol. The van der Waals surface area contributed by atoms with Crippen molar-refractivity contribution in [2.45, 2.75) is 11.7 Å². The summed E-state index contributed by atoms with van der Waals surface area (Å²) >= 11 is 10.8. The highest BCUT2D eigenvalue weighted by molar-refractivity contribution is 9.10. The number of thioether (sulfide) groups is 1. The third-order valence-electron chi connectivity index (χ3n) is 2.22. The third-order valence-corrected chi connectivity index (χ3v) is 3.45. The molecule has 0 saturated heterocycles. The van der Waals surface area contributed by atoms with Crippen LogP contribution in [0.2, 0.25) is 5.15 Å². The maximum atomic E-state index is 5.92. The van der Waals surface area contributed by atoms with E-state index in [2.05, 4.69) is 43.3 Å². The maximum Gasteiger partial charge on any atom is 0.190 e. The molecule has 94 valence electrons. The molecule has 2 aromatic rings. The average Bonchev–Trinajstić information content (AvgIpc) is 2.36. The Morgan fingerprint density at radius 2 is 2.17 bits per heavy atom. The van der Waals surface area contributed by atoms with E-state index in [1.54, 1.807) is 6.07 Å². The minimum absolute atomic E-state index is 0.450. The summed E-state index contributed by atoms with van der Waals surface area (Å²) in [6.45, 7) is 0.695. The van der Waals surface area contributed by atoms with Crippen molar-refractivity contribution in [1.82, 2.24) is 9.97 Å². The molecule has 6 heteroatoms. The zero-order chi connectivity index (χ0) is 13.0. The molecule has 0 fully saturated rings. The summed E-state index contributed by atoms with van der Waals surface area (Å²) in [4.78, 5) is 8.43. The van der Waals surface area contributed by atoms with Gasteiger partial charge in [-0.05, 0) is 24.0 Å². The standard InChI is InChI=1S/C12H11BrClN3S/c1-18-12-16-10(14)6-11(17-12)15-7-8-3-2-4-9(13)5-8/h2-6H,7H2,1H3,(H,15,16,17). The van der Waals surface area contributed by atoms with Gasteiger partial charge in [0.25, 0.3) is 0 Å². The minimum Gasteiger partial charge on any atom is -0.366 e. The summed E-state index contributed by atoms with van der Waals surface area (Å²) in [5, 5.41) is 4.35. The molecule has 1 aromatic heterocycles. The normalized spacial score (nSPS) is 10.4. The van der Waals surface area contributed by atoms with E-state index in [0.29, 0.717) is 16.9 Å². The van der Waals surface area contributed by atoms with Crippen molar-refractivity contribution < 1.29 is 0 Å². The molecule has 0 spiro atoms. The molecular formula is C12H11BrClN3S. The van der Waals surface area contributed by atoms with Gasteiger partial charge in [-0.15, -0.1) is 0 Å². The number of rotatable bonds is 4. The van der Waals surface area contributed by atoms with Crippen LogP contribution in [0.4, 0.5) is 5.82 Å². The Morgan fingerprint density at radius 3 is 2.89 bits per heavy atom. The van der Waals surface area contributed by atoms with Crippen molar-refractivity contribution >= 4 is 45.1 Å². The first-order valence-electron chi connectivity index (χ1n) is 5.24. The topological polar surface area (TPSA) is 37.8 Å². The Bertz CT molecular complexity index is 551. The lowest BCUT2D eigenvalue weighted by molar-refractivity contribution is 0.956. The molecule has 0 saturated carbocycles. The van der Waals surface area contributed by atoms with Crippen LogP contribution in [-0.2, 0) is 6.54 Å². The van der Waals surface area contributed by atoms with Crippen molar-refractivity contribution in [3.63, 3.8) is 0 Å². The Kier molecular flexibility index (Phi) is 4.86. The van der Waals surface area contributed by atoms with Gasteiger partial charge in [-0.25, -0.2) is 9.97 Å². The smallest absolute Gasteiger partial charge is 0.190 e. The molecule has 1 aromatic carbocycles. The second kappa shape index (κ2) is 6.41. The van der Waals surface area contributed by atoms with Crippen LogP contribution in [0.3, 0.4) is 0 Å². The molecule has 3 nitrogen and oxygen atoms in total. The molecule has 0 atom stereocenters. The zero-order valence-corrected chi connectivity index (χ0v) is 12.8. The molecule has 0 aliphatic heterocycles. The predicted octanol–water partition coefficient (Wildman–Crippen LogP) is 4.23. The van der Waals surface area contributed by atoms with Crippen LogP contribution in [0, 0.1) is 0 Å². The summed E-state index contributed by atoms with van der Waals surface area (Å²) in [7, 11) is 0. The number of nitrogens with one attached hydrogen (secondary N) is 1. The molecule has 1 N–H and O–H groups in total. The van der Waals surface area contributed by atoms with Crippen LogP contribution >= 0.6 is 39.3 Å². The van der Waals surface area contributed by atoms with E-state index in [9.17, 15) is 0 Å². The molecule has 0 aliphatic carbocycles. The first-order chi connectivity index (χ1) is 8.67. The lowest BCUT2D eigenvalue weighted by Gasteiger charge is -2.07. The third kappa shape index (κ3) is 3.86. The van der Waals surface area contributed by atoms with Crippen molar-refractivity contribution in [3.8, 4) is 0 Å². The first kappa shape index (κ1) is 13.6. The molecule has 0 unspecified atom stereocenters. The lowest BCUT2D eigenvalue weighted by atomic mass is 10.2. The van der Waals surface area contributed by atoms with Crippen molar-refractivity contribution in [2.24, 2.45) is 0 Å². The number of halogens is 2. The van der Waals surface area contributed by atoms with E-state index in [1.807, 2.05) is 18.4 Å². The lowest BCUT2D eigenvalue weighted by Crippen LogP contribution is -2.02. The number of anilines is 1. The van der Waals surface area contributed by atoms with Gasteiger partial charge in [0.05, 0.1) is 0 Å². The van der Waals surface area contributed by atoms with Gasteiger partial charge in [0.15, 0.2) is 5.16 Å². The second-order valence-electron chi connectivity index (χ2n) is 3.55. The zero-order valence-electron chi connectivity index (χ0n) is 9.65. The Morgan fingerprint density at radius 1 is 1.33 bits per heavy atom. The number of benzene rings is 1. The summed E-state index contributed by atoms with van der Waals surface area (Å²) < 4.78 is 1.06. The van der Waals surface area contributed by atoms with Crippen LogP contribution < -0.4 is 5.32 Å². The van der Waals surface area contributed by atoms with Gasteiger partial charge in [0.2, 0.25) is 0 Å². The van der Waals surface area contributed by atoms with Crippen molar-refractivity contribution in [3.05, 3.63) is 45.5 Å². The fourth-order valence-corrected chi connectivity index (χ4v) is 2.48. The number of aromatic nitrogens is 2. The van der Waals surface area contributed by atoms with Crippen molar-refractivity contribution in [2.75, 3.05) is 11.6 Å². The summed E-state index contributed by atoms with van der Waals surface area (Å²) in [6.07, 6.45) is 1.92. The molecule has 0 bridgehead atoms. The van der Waals surface area contributed by atoms with Gasteiger partial charge in [0, 0.05) is 17.1 Å². The van der Waals surface area contributed by atoms with Gasteiger partial charge in [-0.1, -0.05) is 51.4 Å². The quantitative estimate of drug-likeness (QED) is 0.512. The van der Waals surface area contributed by atoms with Gasteiger partial charge in [-0.3, -0.25) is 0 Å². The van der Waals surface area contributed by atoms with Gasteiger partial charge in [0.1, 0.15) is 11.0 Å². The largest absolute Gasteiger partial charge is 0.366 e. The van der Waals surface area contributed by atoms with Gasteiger partial charge in [-0.2, -0.15) is 0 Å². The number of hydrogen-bond donors (Lipinski definition) is 1. The Labute approximate surface area is 124 Å². The highest BCUT2D eigenvalue weighted by Gasteiger charge is 2.02. The number of nitrogens with zero attached hydrogens (tertiary/aromatic N) is 2. The molecule has 2 rings (SSSR count). The second-order valence-corrected chi connectivity index (χ2v) is 5.62. The van der Waals surface area contributed by atoms with Gasteiger partial charge < -0.3 is 5.32 Å². The van der Waals surface area contributed by atoms with Crippen LogP contribution in [0.25, 0.3) is 0 Å². The summed E-state index contributed by atoms with van der Waals surface area (Å²) in [5.41, 5.74) is 1.17. The highest BCUT2D eigenvalue weighted by Crippen LogP contribution is 2.18. The highest BCUT2D eigenvalue weighted by atomic mass is 79.9. The van der Waals surface area contributed by atoms with Crippen LogP contribution in [0.15, 0.2) is 40.0 Å². The summed E-state index contributed by atoms with van der Waals surface area (Å²) in [6, 6.07) is 9.83. The Balaban J connectivity index is 2.08. The van der Waals surface area contributed by atoms with Crippen LogP contribution in [0.5, 0.6) is 0 Å².